The van der Waals surface area contributed by atoms with Crippen LogP contribution in [0.4, 0.5) is 11.6 Å². The van der Waals surface area contributed by atoms with Gasteiger partial charge in [-0.05, 0) is 0 Å². The number of hydrogen-bond acceptors (Lipinski definition) is 9. The van der Waals surface area contributed by atoms with Gasteiger partial charge in [-0.15, -0.1) is 0 Å². The molecule has 2 rings (SSSR count). The Morgan fingerprint density at radius 2 is 2.17 bits per heavy atom. The molecule has 0 aromatic carbocycles. The molecule has 7 nitrogen and oxygen atoms in total. The summed E-state index contributed by atoms with van der Waals surface area (Å²) in [4.78, 5) is 11.2. The molecule has 10 heteroatoms. The van der Waals surface area contributed by atoms with Crippen LogP contribution in [0.2, 0.25) is 0 Å². The molecule has 2 aromatic rings. The molecule has 0 atom stereocenters. The van der Waals surface area contributed by atoms with Crippen molar-refractivity contribution in [2.24, 2.45) is 0 Å². The molecule has 2 heterocycles. The Kier molecular flexibility index (Phi) is 4.96. The lowest BCUT2D eigenvalue weighted by Gasteiger charge is -2.03. The van der Waals surface area contributed by atoms with Gasteiger partial charge in [-0.25, -0.2) is 0 Å². The lowest BCUT2D eigenvalue weighted by Crippen LogP contribution is -2.08. The predicted molar refractivity (Wildman–Crippen MR) is 76.8 cm³/mol. The molecule has 18 heavy (non-hydrogen) atoms. The molecule has 3 N–H and O–H groups in total. The van der Waals surface area contributed by atoms with Crippen molar-refractivity contribution < 1.29 is 0 Å². The number of nitrogens with zero attached hydrogens (tertiary/aromatic N) is 3. The minimum Gasteiger partial charge on any atom is -0.369 e. The largest absolute Gasteiger partial charge is 0.369 e. The zero-order chi connectivity index (χ0) is 12.8. The number of aromatic amines is 1. The van der Waals surface area contributed by atoms with Crippen LogP contribution in [0.25, 0.3) is 0 Å². The van der Waals surface area contributed by atoms with Crippen LogP contribution >= 0.6 is 35.2 Å². The highest BCUT2D eigenvalue weighted by molar-refractivity contribution is 7.98. The first-order valence-electron chi connectivity index (χ1n) is 5.16. The van der Waals surface area contributed by atoms with Gasteiger partial charge in [-0.3, -0.25) is 9.17 Å². The number of aromatic nitrogens is 4. The summed E-state index contributed by atoms with van der Waals surface area (Å²) < 4.78 is 14.8. The molecule has 0 amide bonds. The van der Waals surface area contributed by atoms with Gasteiger partial charge in [-0.2, -0.15) is 24.9 Å². The molecule has 0 saturated heterocycles. The SMILES string of the molecule is CNc1nsnc1NCCSCc1ns[nH]c1=O. The summed E-state index contributed by atoms with van der Waals surface area (Å²) in [6.07, 6.45) is 0. The maximum Gasteiger partial charge on any atom is 0.281 e. The Bertz CT molecular complexity index is 535. The van der Waals surface area contributed by atoms with Crippen molar-refractivity contribution in [3.8, 4) is 0 Å². The summed E-state index contributed by atoms with van der Waals surface area (Å²) in [7, 11) is 1.81. The zero-order valence-electron chi connectivity index (χ0n) is 9.60. The molecule has 0 radical (unpaired) electrons. The van der Waals surface area contributed by atoms with E-state index in [0.717, 1.165) is 35.7 Å². The van der Waals surface area contributed by atoms with Crippen LogP contribution in [0.15, 0.2) is 4.79 Å². The molecule has 0 spiro atoms. The van der Waals surface area contributed by atoms with Crippen LogP contribution in [-0.4, -0.2) is 36.8 Å². The van der Waals surface area contributed by atoms with Crippen LogP contribution in [0.1, 0.15) is 5.69 Å². The van der Waals surface area contributed by atoms with Crippen molar-refractivity contribution in [1.29, 1.82) is 0 Å². The van der Waals surface area contributed by atoms with E-state index in [1.165, 1.54) is 11.7 Å². The van der Waals surface area contributed by atoms with E-state index in [4.69, 9.17) is 0 Å². The average molecular weight is 304 g/mol. The third-order valence-electron chi connectivity index (χ3n) is 2.06. The van der Waals surface area contributed by atoms with E-state index in [1.54, 1.807) is 11.8 Å². The fourth-order valence-corrected chi connectivity index (χ4v) is 3.09. The number of thioether (sulfide) groups is 1. The summed E-state index contributed by atoms with van der Waals surface area (Å²) in [5.41, 5.74) is 0.512. The van der Waals surface area contributed by atoms with E-state index < -0.39 is 0 Å². The van der Waals surface area contributed by atoms with Crippen LogP contribution in [0.3, 0.4) is 0 Å². The van der Waals surface area contributed by atoms with Crippen molar-refractivity contribution in [3.05, 3.63) is 16.0 Å². The second kappa shape index (κ2) is 6.71. The molecular formula is C8H12N6OS3. The van der Waals surface area contributed by atoms with Crippen LogP contribution in [0, 0.1) is 0 Å². The van der Waals surface area contributed by atoms with Crippen molar-refractivity contribution >= 4 is 46.9 Å². The molecule has 0 aliphatic heterocycles. The first kappa shape index (κ1) is 13.3. The van der Waals surface area contributed by atoms with Gasteiger partial charge in [0, 0.05) is 36.8 Å². The number of H-pyrrole nitrogens is 1. The van der Waals surface area contributed by atoms with Gasteiger partial charge >= 0.3 is 0 Å². The Morgan fingerprint density at radius 3 is 2.89 bits per heavy atom. The van der Waals surface area contributed by atoms with Crippen LogP contribution < -0.4 is 16.2 Å². The Labute approximate surface area is 116 Å². The van der Waals surface area contributed by atoms with Gasteiger partial charge in [0.25, 0.3) is 5.56 Å². The maximum absolute atomic E-state index is 11.2. The van der Waals surface area contributed by atoms with Gasteiger partial charge < -0.3 is 10.6 Å². The lowest BCUT2D eigenvalue weighted by atomic mass is 10.5. The highest BCUT2D eigenvalue weighted by atomic mass is 32.2. The predicted octanol–water partition coefficient (Wildman–Crippen LogP) is 1.07. The van der Waals surface area contributed by atoms with E-state index in [2.05, 4.69) is 28.1 Å². The smallest absolute Gasteiger partial charge is 0.281 e. The summed E-state index contributed by atoms with van der Waals surface area (Å²) in [5.74, 6) is 3.04. The third kappa shape index (κ3) is 3.43. The number of rotatable bonds is 7. The van der Waals surface area contributed by atoms with Crippen molar-refractivity contribution in [3.63, 3.8) is 0 Å². The topological polar surface area (TPSA) is 95.6 Å². The first-order valence-corrected chi connectivity index (χ1v) is 7.82. The second-order valence-corrected chi connectivity index (χ2v) is 5.45. The van der Waals surface area contributed by atoms with Crippen LogP contribution in [-0.2, 0) is 5.75 Å². The van der Waals surface area contributed by atoms with Crippen molar-refractivity contribution in [2.45, 2.75) is 5.75 Å². The number of nitrogens with one attached hydrogen (secondary N) is 3. The van der Waals surface area contributed by atoms with Gasteiger partial charge in [-0.1, -0.05) is 0 Å². The molecule has 0 aliphatic carbocycles. The van der Waals surface area contributed by atoms with E-state index in [1.807, 2.05) is 7.05 Å². The maximum atomic E-state index is 11.2. The fourth-order valence-electron chi connectivity index (χ4n) is 1.19. The number of anilines is 2. The van der Waals surface area contributed by atoms with E-state index in [0.29, 0.717) is 11.4 Å². The zero-order valence-corrected chi connectivity index (χ0v) is 12.0. The normalized spacial score (nSPS) is 10.5. The first-order chi connectivity index (χ1) is 8.81. The summed E-state index contributed by atoms with van der Waals surface area (Å²) in [6, 6.07) is 0. The average Bonchev–Trinajstić information content (AvgIpc) is 2.98. The Hall–Kier alpha value is -1.13. The lowest BCUT2D eigenvalue weighted by molar-refractivity contribution is 1.18. The fraction of sp³-hybridized carbons (Fsp3) is 0.500. The summed E-state index contributed by atoms with van der Waals surface area (Å²) in [5, 5.41) is 6.15. The van der Waals surface area contributed by atoms with Gasteiger partial charge in [0.15, 0.2) is 11.6 Å². The quantitative estimate of drug-likeness (QED) is 0.658. The monoisotopic (exact) mass is 304 g/mol. The van der Waals surface area contributed by atoms with Gasteiger partial charge in [0.2, 0.25) is 0 Å². The standard InChI is InChI=1S/C8H12N6OS3/c1-9-6-7(13-18-12-6)10-2-3-16-4-5-8(15)14-17-11-5/h2-4H2,1H3,(H,9,12)(H,10,13)(H,14,15). The second-order valence-electron chi connectivity index (χ2n) is 3.25. The van der Waals surface area contributed by atoms with Gasteiger partial charge in [0.05, 0.1) is 11.7 Å². The minimum absolute atomic E-state index is 0.0818. The Balaban J connectivity index is 1.68. The molecule has 0 unspecified atom stereocenters. The molecular weight excluding hydrogens is 292 g/mol. The molecule has 0 bridgehead atoms. The Morgan fingerprint density at radius 1 is 1.33 bits per heavy atom. The highest BCUT2D eigenvalue weighted by Crippen LogP contribution is 2.17. The molecule has 98 valence electrons. The van der Waals surface area contributed by atoms with E-state index >= 15 is 0 Å². The minimum atomic E-state index is -0.0818. The van der Waals surface area contributed by atoms with E-state index in [9.17, 15) is 4.79 Å². The summed E-state index contributed by atoms with van der Waals surface area (Å²) >= 11 is 3.92. The molecule has 2 aromatic heterocycles. The van der Waals surface area contributed by atoms with Crippen molar-refractivity contribution in [1.82, 2.24) is 17.5 Å². The number of hydrogen-bond donors (Lipinski definition) is 3. The highest BCUT2D eigenvalue weighted by Gasteiger charge is 2.05. The van der Waals surface area contributed by atoms with Gasteiger partial charge in [0.1, 0.15) is 5.69 Å². The van der Waals surface area contributed by atoms with Crippen LogP contribution in [0.5, 0.6) is 0 Å². The third-order valence-corrected chi connectivity index (χ3v) is 4.15. The molecule has 0 aliphatic rings. The van der Waals surface area contributed by atoms with E-state index in [-0.39, 0.29) is 5.56 Å². The summed E-state index contributed by atoms with van der Waals surface area (Å²) in [6.45, 7) is 0.771. The molecule has 0 saturated carbocycles. The molecule has 0 fully saturated rings. The van der Waals surface area contributed by atoms with Crippen molar-refractivity contribution in [2.75, 3.05) is 30.0 Å².